The van der Waals surface area contributed by atoms with E-state index in [9.17, 15) is 9.59 Å². The molecular weight excluding hydrogens is 374 g/mol. The first-order valence-electron chi connectivity index (χ1n) is 9.60. The molecule has 1 heterocycles. The van der Waals surface area contributed by atoms with Crippen LogP contribution in [0.5, 0.6) is 0 Å². The van der Waals surface area contributed by atoms with Crippen LogP contribution < -0.4 is 10.6 Å². The molecule has 1 saturated heterocycles. The molecule has 1 fully saturated rings. The lowest BCUT2D eigenvalue weighted by atomic mass is 10.0. The van der Waals surface area contributed by atoms with Crippen LogP contribution in [0.2, 0.25) is 5.02 Å². The van der Waals surface area contributed by atoms with Crippen molar-refractivity contribution in [2.45, 2.75) is 26.7 Å². The van der Waals surface area contributed by atoms with Gasteiger partial charge in [0.05, 0.1) is 17.3 Å². The molecule has 0 saturated carbocycles. The molecule has 1 aliphatic heterocycles. The predicted octanol–water partition coefficient (Wildman–Crippen LogP) is 4.57. The highest BCUT2D eigenvalue weighted by Gasteiger charge is 2.19. The minimum Gasteiger partial charge on any atom is -0.325 e. The van der Waals surface area contributed by atoms with E-state index in [1.165, 1.54) is 6.42 Å². The number of halogens is 1. The van der Waals surface area contributed by atoms with E-state index in [0.717, 1.165) is 25.1 Å². The lowest BCUT2D eigenvalue weighted by molar-refractivity contribution is -0.117. The Kier molecular flexibility index (Phi) is 6.70. The van der Waals surface area contributed by atoms with Gasteiger partial charge in [-0.25, -0.2) is 0 Å². The normalized spacial score (nSPS) is 17.2. The Morgan fingerprint density at radius 2 is 2.00 bits per heavy atom. The van der Waals surface area contributed by atoms with Crippen molar-refractivity contribution in [3.05, 3.63) is 58.6 Å². The SMILES string of the molecule is Cc1cccc(C(=O)Nc2cc(NC(=O)CN3CCC[C@H](C)C3)ccc2Cl)c1. The summed E-state index contributed by atoms with van der Waals surface area (Å²) < 4.78 is 0. The fourth-order valence-corrected chi connectivity index (χ4v) is 3.68. The molecule has 2 aromatic carbocycles. The molecule has 0 bridgehead atoms. The van der Waals surface area contributed by atoms with Crippen LogP contribution in [0.4, 0.5) is 11.4 Å². The van der Waals surface area contributed by atoms with E-state index in [2.05, 4.69) is 22.5 Å². The van der Waals surface area contributed by atoms with E-state index in [-0.39, 0.29) is 11.8 Å². The van der Waals surface area contributed by atoms with Gasteiger partial charge < -0.3 is 10.6 Å². The van der Waals surface area contributed by atoms with Gasteiger partial charge in [0.25, 0.3) is 5.91 Å². The number of carbonyl (C=O) groups is 2. The molecule has 0 unspecified atom stereocenters. The highest BCUT2D eigenvalue weighted by molar-refractivity contribution is 6.34. The number of piperidine rings is 1. The van der Waals surface area contributed by atoms with Gasteiger partial charge in [0, 0.05) is 17.8 Å². The molecule has 2 aromatic rings. The summed E-state index contributed by atoms with van der Waals surface area (Å²) in [6, 6.07) is 12.4. The number of nitrogens with zero attached hydrogens (tertiary/aromatic N) is 1. The third-order valence-electron chi connectivity index (χ3n) is 4.89. The molecule has 0 aromatic heterocycles. The van der Waals surface area contributed by atoms with Crippen molar-refractivity contribution < 1.29 is 9.59 Å². The Bertz CT molecular complexity index is 869. The third-order valence-corrected chi connectivity index (χ3v) is 5.22. The molecule has 2 amide bonds. The number of likely N-dealkylation sites (tertiary alicyclic amines) is 1. The third kappa shape index (κ3) is 5.57. The van der Waals surface area contributed by atoms with Gasteiger partial charge in [-0.1, -0.05) is 36.2 Å². The number of carbonyl (C=O) groups excluding carboxylic acids is 2. The maximum absolute atomic E-state index is 12.5. The van der Waals surface area contributed by atoms with Crippen LogP contribution in [0.25, 0.3) is 0 Å². The van der Waals surface area contributed by atoms with Gasteiger partial charge in [-0.2, -0.15) is 0 Å². The van der Waals surface area contributed by atoms with E-state index in [4.69, 9.17) is 11.6 Å². The first-order valence-corrected chi connectivity index (χ1v) is 9.98. The van der Waals surface area contributed by atoms with Crippen LogP contribution >= 0.6 is 11.6 Å². The summed E-state index contributed by atoms with van der Waals surface area (Å²) >= 11 is 6.23. The quantitative estimate of drug-likeness (QED) is 0.774. The van der Waals surface area contributed by atoms with Gasteiger partial charge in [-0.05, 0) is 62.6 Å². The average molecular weight is 400 g/mol. The fraction of sp³-hybridized carbons (Fsp3) is 0.364. The number of aryl methyl sites for hydroxylation is 1. The second-order valence-electron chi connectivity index (χ2n) is 7.55. The van der Waals surface area contributed by atoms with Crippen LogP contribution in [-0.2, 0) is 4.79 Å². The van der Waals surface area contributed by atoms with Crippen molar-refractivity contribution in [3.63, 3.8) is 0 Å². The van der Waals surface area contributed by atoms with Crippen LogP contribution in [0.3, 0.4) is 0 Å². The molecule has 5 nitrogen and oxygen atoms in total. The summed E-state index contributed by atoms with van der Waals surface area (Å²) in [4.78, 5) is 27.1. The van der Waals surface area contributed by atoms with Crippen molar-refractivity contribution in [1.29, 1.82) is 0 Å². The maximum atomic E-state index is 12.5. The minimum atomic E-state index is -0.239. The summed E-state index contributed by atoms with van der Waals surface area (Å²) in [5, 5.41) is 6.15. The Morgan fingerprint density at radius 1 is 1.18 bits per heavy atom. The molecule has 0 aliphatic carbocycles. The summed E-state index contributed by atoms with van der Waals surface area (Å²) in [5.41, 5.74) is 2.65. The lowest BCUT2D eigenvalue weighted by Crippen LogP contribution is -2.39. The highest BCUT2D eigenvalue weighted by atomic mass is 35.5. The van der Waals surface area contributed by atoms with Crippen molar-refractivity contribution in [2.75, 3.05) is 30.3 Å². The largest absolute Gasteiger partial charge is 0.325 e. The zero-order chi connectivity index (χ0) is 20.1. The summed E-state index contributed by atoms with van der Waals surface area (Å²) in [7, 11) is 0. The zero-order valence-electron chi connectivity index (χ0n) is 16.3. The van der Waals surface area contributed by atoms with Gasteiger partial charge in [0.1, 0.15) is 0 Å². The number of nitrogens with one attached hydrogen (secondary N) is 2. The standard InChI is InChI=1S/C22H26ClN3O2/c1-15-5-3-7-17(11-15)22(28)25-20-12-18(8-9-19(20)23)24-21(27)14-26-10-4-6-16(2)13-26/h3,5,7-9,11-12,16H,4,6,10,13-14H2,1-2H3,(H,24,27)(H,25,28)/t16-/m0/s1. The number of amides is 2. The Labute approximate surface area is 171 Å². The first-order chi connectivity index (χ1) is 13.4. The van der Waals surface area contributed by atoms with E-state index in [0.29, 0.717) is 34.4 Å². The fourth-order valence-electron chi connectivity index (χ4n) is 3.51. The van der Waals surface area contributed by atoms with E-state index < -0.39 is 0 Å². The summed E-state index contributed by atoms with van der Waals surface area (Å²) in [5.74, 6) is 0.323. The molecule has 6 heteroatoms. The van der Waals surface area contributed by atoms with Gasteiger partial charge in [-0.15, -0.1) is 0 Å². The smallest absolute Gasteiger partial charge is 0.255 e. The molecule has 0 spiro atoms. The summed E-state index contributed by atoms with van der Waals surface area (Å²) in [6.45, 7) is 6.43. The molecule has 148 valence electrons. The molecular formula is C22H26ClN3O2. The molecule has 3 rings (SSSR count). The van der Waals surface area contributed by atoms with Crippen molar-refractivity contribution in [2.24, 2.45) is 5.92 Å². The lowest BCUT2D eigenvalue weighted by Gasteiger charge is -2.30. The number of rotatable bonds is 5. The first kappa shape index (κ1) is 20.4. The topological polar surface area (TPSA) is 61.4 Å². The second kappa shape index (κ2) is 9.22. The molecule has 1 aliphatic rings. The van der Waals surface area contributed by atoms with E-state index >= 15 is 0 Å². The number of hydrogen-bond donors (Lipinski definition) is 2. The Hall–Kier alpha value is -2.37. The van der Waals surface area contributed by atoms with Gasteiger partial charge in [0.2, 0.25) is 5.91 Å². The number of hydrogen-bond acceptors (Lipinski definition) is 3. The van der Waals surface area contributed by atoms with Crippen molar-refractivity contribution >= 4 is 34.8 Å². The Balaban J connectivity index is 1.64. The maximum Gasteiger partial charge on any atom is 0.255 e. The molecule has 1 atom stereocenters. The second-order valence-corrected chi connectivity index (χ2v) is 7.96. The van der Waals surface area contributed by atoms with Crippen LogP contribution in [-0.4, -0.2) is 36.3 Å². The minimum absolute atomic E-state index is 0.0626. The van der Waals surface area contributed by atoms with Crippen LogP contribution in [0.15, 0.2) is 42.5 Å². The average Bonchev–Trinajstić information content (AvgIpc) is 2.64. The number of benzene rings is 2. The van der Waals surface area contributed by atoms with Gasteiger partial charge in [0.15, 0.2) is 0 Å². The molecule has 0 radical (unpaired) electrons. The summed E-state index contributed by atoms with van der Waals surface area (Å²) in [6.07, 6.45) is 2.35. The molecule has 2 N–H and O–H groups in total. The van der Waals surface area contributed by atoms with Gasteiger partial charge >= 0.3 is 0 Å². The van der Waals surface area contributed by atoms with Crippen LogP contribution in [0, 0.1) is 12.8 Å². The van der Waals surface area contributed by atoms with Crippen molar-refractivity contribution in [3.8, 4) is 0 Å². The number of anilines is 2. The van der Waals surface area contributed by atoms with Gasteiger partial charge in [-0.3, -0.25) is 14.5 Å². The van der Waals surface area contributed by atoms with E-state index in [1.54, 1.807) is 24.3 Å². The van der Waals surface area contributed by atoms with Crippen molar-refractivity contribution in [1.82, 2.24) is 4.90 Å². The monoisotopic (exact) mass is 399 g/mol. The molecule has 28 heavy (non-hydrogen) atoms. The Morgan fingerprint density at radius 3 is 2.75 bits per heavy atom. The highest BCUT2D eigenvalue weighted by Crippen LogP contribution is 2.26. The predicted molar refractivity (Wildman–Crippen MR) is 114 cm³/mol. The zero-order valence-corrected chi connectivity index (χ0v) is 17.1. The van der Waals surface area contributed by atoms with E-state index in [1.807, 2.05) is 25.1 Å². The van der Waals surface area contributed by atoms with Crippen LogP contribution in [0.1, 0.15) is 35.7 Å².